The third kappa shape index (κ3) is 2.51. The minimum atomic E-state index is 0.203. The van der Waals surface area contributed by atoms with Crippen LogP contribution in [0.4, 0.5) is 0 Å². The fourth-order valence-corrected chi connectivity index (χ4v) is 2.80. The van der Waals surface area contributed by atoms with Gasteiger partial charge >= 0.3 is 0 Å². The summed E-state index contributed by atoms with van der Waals surface area (Å²) in [5.74, 6) is 0. The predicted octanol–water partition coefficient (Wildman–Crippen LogP) is 2.42. The Kier molecular flexibility index (Phi) is 4.23. The molecular weight excluding hydrogens is 224 g/mol. The third-order valence-corrected chi connectivity index (χ3v) is 3.62. The molecule has 100 valence electrons. The van der Waals surface area contributed by atoms with Gasteiger partial charge in [-0.3, -0.25) is 4.79 Å². The first-order chi connectivity index (χ1) is 8.65. The maximum absolute atomic E-state index is 12.5. The molecule has 2 rings (SSSR count). The summed E-state index contributed by atoms with van der Waals surface area (Å²) in [5, 5.41) is 3.34. The van der Waals surface area contributed by atoms with E-state index >= 15 is 0 Å². The molecule has 1 aromatic heterocycles. The van der Waals surface area contributed by atoms with Crippen molar-refractivity contribution in [2.75, 3.05) is 6.54 Å². The molecule has 1 aromatic rings. The number of rotatable bonds is 5. The highest BCUT2D eigenvalue weighted by Gasteiger charge is 2.20. The predicted molar refractivity (Wildman–Crippen MR) is 75.1 cm³/mol. The molecule has 0 fully saturated rings. The molecule has 0 saturated heterocycles. The van der Waals surface area contributed by atoms with E-state index in [1.807, 2.05) is 4.57 Å². The van der Waals surface area contributed by atoms with Crippen molar-refractivity contribution in [3.05, 3.63) is 33.2 Å². The van der Waals surface area contributed by atoms with Gasteiger partial charge in [0.05, 0.1) is 0 Å². The summed E-state index contributed by atoms with van der Waals surface area (Å²) < 4.78 is 2.01. The fraction of sp³-hybridized carbons (Fsp3) is 0.667. The van der Waals surface area contributed by atoms with Crippen LogP contribution in [-0.4, -0.2) is 11.1 Å². The van der Waals surface area contributed by atoms with Crippen molar-refractivity contribution in [2.45, 2.75) is 59.0 Å². The summed E-state index contributed by atoms with van der Waals surface area (Å²) in [4.78, 5) is 12.5. The second-order valence-electron chi connectivity index (χ2n) is 5.44. The molecule has 0 radical (unpaired) electrons. The van der Waals surface area contributed by atoms with E-state index in [2.05, 4.69) is 32.2 Å². The molecule has 3 nitrogen and oxygen atoms in total. The minimum Gasteiger partial charge on any atom is -0.312 e. The number of hydrogen-bond donors (Lipinski definition) is 1. The minimum absolute atomic E-state index is 0.203. The molecule has 0 aliphatic heterocycles. The molecule has 0 amide bonds. The second kappa shape index (κ2) is 5.70. The van der Waals surface area contributed by atoms with Gasteiger partial charge in [-0.1, -0.05) is 6.92 Å². The van der Waals surface area contributed by atoms with Gasteiger partial charge < -0.3 is 9.88 Å². The first-order valence-electron chi connectivity index (χ1n) is 7.12. The lowest BCUT2D eigenvalue weighted by molar-refractivity contribution is 0.544. The van der Waals surface area contributed by atoms with E-state index in [9.17, 15) is 4.79 Å². The molecule has 1 heterocycles. The Morgan fingerprint density at radius 2 is 2.17 bits per heavy atom. The molecule has 3 heteroatoms. The number of nitrogens with zero attached hydrogens (tertiary/aromatic N) is 1. The molecule has 18 heavy (non-hydrogen) atoms. The van der Waals surface area contributed by atoms with E-state index in [1.54, 1.807) is 0 Å². The summed E-state index contributed by atoms with van der Waals surface area (Å²) in [5.41, 5.74) is 3.79. The highest BCUT2D eigenvalue weighted by Crippen LogP contribution is 2.23. The lowest BCUT2D eigenvalue weighted by atomic mass is 10.1. The monoisotopic (exact) mass is 248 g/mol. The normalized spacial score (nSPS) is 14.2. The fourth-order valence-electron chi connectivity index (χ4n) is 2.80. The summed E-state index contributed by atoms with van der Waals surface area (Å²) >= 11 is 0. The Bertz CT molecular complexity index is 474. The van der Waals surface area contributed by atoms with E-state index in [-0.39, 0.29) is 11.6 Å². The quantitative estimate of drug-likeness (QED) is 0.812. The molecule has 1 aliphatic carbocycles. The zero-order valence-corrected chi connectivity index (χ0v) is 11.8. The zero-order chi connectivity index (χ0) is 13.1. The van der Waals surface area contributed by atoms with Crippen molar-refractivity contribution in [1.82, 2.24) is 9.88 Å². The lowest BCUT2D eigenvalue weighted by Gasteiger charge is -2.18. The Hall–Kier alpha value is -1.09. The first kappa shape index (κ1) is 13.3. The maximum atomic E-state index is 12.5. The third-order valence-electron chi connectivity index (χ3n) is 3.62. The number of fused-ring (bicyclic) bond motifs is 1. The van der Waals surface area contributed by atoms with Crippen LogP contribution < -0.4 is 10.9 Å². The Morgan fingerprint density at radius 1 is 1.39 bits per heavy atom. The molecule has 1 aliphatic rings. The van der Waals surface area contributed by atoms with Gasteiger partial charge in [0.15, 0.2) is 0 Å². The van der Waals surface area contributed by atoms with Gasteiger partial charge in [-0.15, -0.1) is 0 Å². The topological polar surface area (TPSA) is 34.0 Å². The molecule has 0 bridgehead atoms. The van der Waals surface area contributed by atoms with Gasteiger partial charge in [-0.05, 0) is 57.7 Å². The Morgan fingerprint density at radius 3 is 2.83 bits per heavy atom. The van der Waals surface area contributed by atoms with E-state index < -0.39 is 0 Å². The van der Waals surface area contributed by atoms with Crippen molar-refractivity contribution in [3.63, 3.8) is 0 Å². The standard InChI is InChI=1S/C15H24N2O/c1-4-8-16-10-13-9-12-6-5-7-14(12)17(11(2)3)15(13)18/h9,11,16H,4-8,10H2,1-3H3. The van der Waals surface area contributed by atoms with Crippen LogP contribution in [0.15, 0.2) is 10.9 Å². The Balaban J connectivity index is 2.37. The molecule has 0 aromatic carbocycles. The van der Waals surface area contributed by atoms with Gasteiger partial charge in [0.2, 0.25) is 0 Å². The number of hydrogen-bond acceptors (Lipinski definition) is 2. The highest BCUT2D eigenvalue weighted by atomic mass is 16.1. The van der Waals surface area contributed by atoms with Gasteiger partial charge in [0.1, 0.15) is 0 Å². The smallest absolute Gasteiger partial charge is 0.255 e. The maximum Gasteiger partial charge on any atom is 0.255 e. The first-order valence-corrected chi connectivity index (χ1v) is 7.12. The number of aryl methyl sites for hydroxylation is 1. The van der Waals surface area contributed by atoms with E-state index in [4.69, 9.17) is 0 Å². The summed E-state index contributed by atoms with van der Waals surface area (Å²) in [6.07, 6.45) is 4.48. The van der Waals surface area contributed by atoms with E-state index in [1.165, 1.54) is 17.7 Å². The van der Waals surface area contributed by atoms with Crippen molar-refractivity contribution in [2.24, 2.45) is 0 Å². The van der Waals surface area contributed by atoms with Crippen LogP contribution >= 0.6 is 0 Å². The van der Waals surface area contributed by atoms with Crippen LogP contribution in [0, 0.1) is 0 Å². The highest BCUT2D eigenvalue weighted by molar-refractivity contribution is 5.31. The van der Waals surface area contributed by atoms with Crippen LogP contribution in [0.25, 0.3) is 0 Å². The summed E-state index contributed by atoms with van der Waals surface area (Å²) in [6, 6.07) is 2.39. The Labute approximate surface area is 109 Å². The molecule has 0 spiro atoms. The van der Waals surface area contributed by atoms with Crippen LogP contribution in [0.5, 0.6) is 0 Å². The van der Waals surface area contributed by atoms with Crippen LogP contribution in [0.3, 0.4) is 0 Å². The van der Waals surface area contributed by atoms with Crippen LogP contribution in [-0.2, 0) is 19.4 Å². The number of nitrogens with one attached hydrogen (secondary N) is 1. The van der Waals surface area contributed by atoms with Crippen molar-refractivity contribution < 1.29 is 0 Å². The van der Waals surface area contributed by atoms with Gasteiger partial charge in [-0.25, -0.2) is 0 Å². The molecule has 0 unspecified atom stereocenters. The van der Waals surface area contributed by atoms with Crippen LogP contribution in [0.2, 0.25) is 0 Å². The van der Waals surface area contributed by atoms with Gasteiger partial charge in [0.25, 0.3) is 5.56 Å². The van der Waals surface area contributed by atoms with Crippen molar-refractivity contribution in [3.8, 4) is 0 Å². The van der Waals surface area contributed by atoms with Gasteiger partial charge in [0, 0.05) is 23.8 Å². The van der Waals surface area contributed by atoms with Crippen LogP contribution in [0.1, 0.15) is 56.5 Å². The molecule has 1 N–H and O–H groups in total. The van der Waals surface area contributed by atoms with E-state index in [0.29, 0.717) is 6.54 Å². The van der Waals surface area contributed by atoms with Gasteiger partial charge in [-0.2, -0.15) is 0 Å². The number of aromatic nitrogens is 1. The van der Waals surface area contributed by atoms with Crippen molar-refractivity contribution in [1.29, 1.82) is 0 Å². The van der Waals surface area contributed by atoms with E-state index in [0.717, 1.165) is 31.4 Å². The SMILES string of the molecule is CCCNCc1cc2c(n(C(C)C)c1=O)CCC2. The second-order valence-corrected chi connectivity index (χ2v) is 5.44. The largest absolute Gasteiger partial charge is 0.312 e. The summed E-state index contributed by atoms with van der Waals surface area (Å²) in [7, 11) is 0. The van der Waals surface area contributed by atoms with Crippen molar-refractivity contribution >= 4 is 0 Å². The lowest BCUT2D eigenvalue weighted by Crippen LogP contribution is -2.31. The molecule has 0 saturated carbocycles. The average Bonchev–Trinajstić information content (AvgIpc) is 2.76. The zero-order valence-electron chi connectivity index (χ0n) is 11.8. The summed E-state index contributed by atoms with van der Waals surface area (Å²) in [6.45, 7) is 8.01. The number of pyridine rings is 1. The average molecular weight is 248 g/mol. The molecule has 0 atom stereocenters. The molecular formula is C15H24N2O.